The van der Waals surface area contributed by atoms with Gasteiger partial charge in [-0.05, 0) is 6.92 Å². The number of halogens is 1. The Morgan fingerprint density at radius 2 is 2.27 bits per heavy atom. The van der Waals surface area contributed by atoms with E-state index in [2.05, 4.69) is 38.0 Å². The van der Waals surface area contributed by atoms with Gasteiger partial charge in [-0.25, -0.2) is 4.79 Å². The van der Waals surface area contributed by atoms with E-state index in [-0.39, 0.29) is 6.09 Å². The number of carbonyl (C=O) groups excluding carboxylic acids is 1. The van der Waals surface area contributed by atoms with E-state index in [0.717, 1.165) is 6.54 Å². The van der Waals surface area contributed by atoms with Crippen LogP contribution in [-0.2, 0) is 4.74 Å². The summed E-state index contributed by atoms with van der Waals surface area (Å²) in [4.78, 5) is 10.5. The molecule has 0 rings (SSSR count). The number of ether oxygens (including phenoxy) is 1. The molecule has 1 amide bonds. The maximum Gasteiger partial charge on any atom is 0.406 e. The summed E-state index contributed by atoms with van der Waals surface area (Å²) in [6, 6.07) is 0. The zero-order valence-electron chi connectivity index (χ0n) is 6.69. The third-order valence-corrected chi connectivity index (χ3v) is 1.45. The number of rotatable bonds is 4. The second-order valence-corrected chi connectivity index (χ2v) is 3.86. The number of carbonyl (C=O) groups is 1. The van der Waals surface area contributed by atoms with Crippen LogP contribution in [0.1, 0.15) is 6.92 Å². The fourth-order valence-electron chi connectivity index (χ4n) is 0.508. The van der Waals surface area contributed by atoms with Crippen molar-refractivity contribution < 1.29 is 9.53 Å². The van der Waals surface area contributed by atoms with Crippen molar-refractivity contribution in [3.63, 3.8) is 0 Å². The van der Waals surface area contributed by atoms with Gasteiger partial charge in [0, 0.05) is 13.1 Å². The maximum absolute atomic E-state index is 10.5. The summed E-state index contributed by atoms with van der Waals surface area (Å²) in [5.41, 5.74) is 0. The standard InChI is InChI=1S/C6H13IN2O2/c1-5(7)8-3-4-9-6(10)11-2/h5,8H,3-4H2,1-2H3,(H,9,10)/t5-/m1/s1. The first-order chi connectivity index (χ1) is 5.16. The minimum atomic E-state index is -0.382. The molecule has 4 nitrogen and oxygen atoms in total. The number of hydrogen-bond acceptors (Lipinski definition) is 3. The molecule has 0 bridgehead atoms. The maximum atomic E-state index is 10.5. The lowest BCUT2D eigenvalue weighted by Crippen LogP contribution is -2.33. The lowest BCUT2D eigenvalue weighted by molar-refractivity contribution is 0.171. The van der Waals surface area contributed by atoms with E-state index >= 15 is 0 Å². The van der Waals surface area contributed by atoms with Gasteiger partial charge in [0.1, 0.15) is 0 Å². The molecular weight excluding hydrogens is 259 g/mol. The van der Waals surface area contributed by atoms with Crippen LogP contribution in [0.2, 0.25) is 0 Å². The summed E-state index contributed by atoms with van der Waals surface area (Å²) in [5.74, 6) is 0. The Kier molecular flexibility index (Phi) is 6.63. The van der Waals surface area contributed by atoms with Crippen molar-refractivity contribution in [1.29, 1.82) is 0 Å². The van der Waals surface area contributed by atoms with Crippen LogP contribution in [0.25, 0.3) is 0 Å². The van der Waals surface area contributed by atoms with Crippen LogP contribution in [-0.4, -0.2) is 30.3 Å². The lowest BCUT2D eigenvalue weighted by Gasteiger charge is -2.06. The molecule has 0 aliphatic rings. The molecule has 0 unspecified atom stereocenters. The van der Waals surface area contributed by atoms with Crippen LogP contribution >= 0.6 is 22.6 Å². The Labute approximate surface area is 80.2 Å². The lowest BCUT2D eigenvalue weighted by atomic mass is 10.6. The SMILES string of the molecule is COC(=O)NCCN[C@H](C)I. The smallest absolute Gasteiger partial charge is 0.406 e. The molecule has 5 heteroatoms. The van der Waals surface area contributed by atoms with Crippen molar-refractivity contribution in [2.75, 3.05) is 20.2 Å². The van der Waals surface area contributed by atoms with Crippen molar-refractivity contribution in [3.8, 4) is 0 Å². The summed E-state index contributed by atoms with van der Waals surface area (Å²) in [6.07, 6.45) is -0.382. The monoisotopic (exact) mass is 272 g/mol. The van der Waals surface area contributed by atoms with Gasteiger partial charge in [-0.2, -0.15) is 0 Å². The number of hydrogen-bond donors (Lipinski definition) is 2. The fraction of sp³-hybridized carbons (Fsp3) is 0.833. The van der Waals surface area contributed by atoms with Gasteiger partial charge in [0.15, 0.2) is 0 Å². The molecule has 0 aromatic heterocycles. The predicted molar refractivity (Wildman–Crippen MR) is 51.9 cm³/mol. The van der Waals surface area contributed by atoms with Gasteiger partial charge < -0.3 is 15.4 Å². The zero-order chi connectivity index (χ0) is 8.69. The van der Waals surface area contributed by atoms with Gasteiger partial charge in [-0.3, -0.25) is 0 Å². The number of methoxy groups -OCH3 is 1. The van der Waals surface area contributed by atoms with Crippen molar-refractivity contribution >= 4 is 28.7 Å². The Morgan fingerprint density at radius 3 is 2.73 bits per heavy atom. The molecule has 0 aliphatic heterocycles. The molecule has 0 saturated heterocycles. The molecule has 2 N–H and O–H groups in total. The number of amides is 1. The van der Waals surface area contributed by atoms with Crippen LogP contribution in [0.4, 0.5) is 4.79 Å². The first-order valence-electron chi connectivity index (χ1n) is 3.36. The minimum Gasteiger partial charge on any atom is -0.453 e. The fourth-order valence-corrected chi connectivity index (χ4v) is 0.819. The van der Waals surface area contributed by atoms with Gasteiger partial charge in [-0.15, -0.1) is 0 Å². The molecule has 0 fully saturated rings. The Hall–Kier alpha value is -0.0400. The van der Waals surface area contributed by atoms with Crippen LogP contribution in [0.5, 0.6) is 0 Å². The third-order valence-electron chi connectivity index (χ3n) is 1.01. The summed E-state index contributed by atoms with van der Waals surface area (Å²) >= 11 is 2.25. The van der Waals surface area contributed by atoms with Gasteiger partial charge in [-0.1, -0.05) is 22.6 Å². The summed E-state index contributed by atoms with van der Waals surface area (Å²) in [6.45, 7) is 3.40. The van der Waals surface area contributed by atoms with E-state index in [4.69, 9.17) is 0 Å². The molecular formula is C6H13IN2O2. The highest BCUT2D eigenvalue weighted by molar-refractivity contribution is 14.1. The van der Waals surface area contributed by atoms with Crippen LogP contribution in [0.15, 0.2) is 0 Å². The number of alkyl halides is 1. The predicted octanol–water partition coefficient (Wildman–Crippen LogP) is 0.713. The van der Waals surface area contributed by atoms with Crippen molar-refractivity contribution in [2.45, 2.75) is 11.0 Å². The van der Waals surface area contributed by atoms with E-state index in [0.29, 0.717) is 10.6 Å². The van der Waals surface area contributed by atoms with E-state index in [9.17, 15) is 4.79 Å². The summed E-state index contributed by atoms with van der Waals surface area (Å²) < 4.78 is 4.80. The van der Waals surface area contributed by atoms with E-state index < -0.39 is 0 Å². The largest absolute Gasteiger partial charge is 0.453 e. The molecule has 0 aromatic carbocycles. The van der Waals surface area contributed by atoms with Crippen LogP contribution < -0.4 is 10.6 Å². The van der Waals surface area contributed by atoms with Crippen molar-refractivity contribution in [1.82, 2.24) is 10.6 Å². The Morgan fingerprint density at radius 1 is 1.64 bits per heavy atom. The normalized spacial score (nSPS) is 12.3. The molecule has 11 heavy (non-hydrogen) atoms. The highest BCUT2D eigenvalue weighted by Crippen LogP contribution is 1.89. The highest BCUT2D eigenvalue weighted by Gasteiger charge is 1.96. The van der Waals surface area contributed by atoms with Gasteiger partial charge in [0.25, 0.3) is 0 Å². The second kappa shape index (κ2) is 6.66. The molecule has 1 atom stereocenters. The molecule has 0 heterocycles. The van der Waals surface area contributed by atoms with Crippen molar-refractivity contribution in [2.24, 2.45) is 0 Å². The highest BCUT2D eigenvalue weighted by atomic mass is 127. The molecule has 0 aromatic rings. The average Bonchev–Trinajstić information content (AvgIpc) is 1.97. The molecule has 0 spiro atoms. The molecule has 66 valence electrons. The zero-order valence-corrected chi connectivity index (χ0v) is 8.84. The van der Waals surface area contributed by atoms with E-state index in [1.807, 2.05) is 6.92 Å². The van der Waals surface area contributed by atoms with Crippen LogP contribution in [0.3, 0.4) is 0 Å². The second-order valence-electron chi connectivity index (χ2n) is 1.99. The van der Waals surface area contributed by atoms with E-state index in [1.54, 1.807) is 0 Å². The quantitative estimate of drug-likeness (QED) is 0.343. The topological polar surface area (TPSA) is 50.4 Å². The van der Waals surface area contributed by atoms with Gasteiger partial charge in [0.05, 0.1) is 11.2 Å². The van der Waals surface area contributed by atoms with Crippen molar-refractivity contribution in [3.05, 3.63) is 0 Å². The Balaban J connectivity index is 3.08. The summed E-state index contributed by atoms with van der Waals surface area (Å²) in [5, 5.41) is 5.70. The molecule has 0 radical (unpaired) electrons. The molecule has 0 saturated carbocycles. The first-order valence-corrected chi connectivity index (χ1v) is 4.60. The van der Waals surface area contributed by atoms with Gasteiger partial charge >= 0.3 is 6.09 Å². The minimum absolute atomic E-state index is 0.382. The Bertz CT molecular complexity index is 119. The van der Waals surface area contributed by atoms with Crippen LogP contribution in [0, 0.1) is 0 Å². The molecule has 0 aliphatic carbocycles. The van der Waals surface area contributed by atoms with E-state index in [1.165, 1.54) is 7.11 Å². The van der Waals surface area contributed by atoms with Gasteiger partial charge in [0.2, 0.25) is 0 Å². The first kappa shape index (κ1) is 11.0. The number of alkyl carbamates (subject to hydrolysis) is 1. The average molecular weight is 272 g/mol. The number of nitrogens with one attached hydrogen (secondary N) is 2. The summed E-state index contributed by atoms with van der Waals surface area (Å²) in [7, 11) is 1.35. The third kappa shape index (κ3) is 7.86.